The first-order chi connectivity index (χ1) is 5.29. The van der Waals surface area contributed by atoms with Gasteiger partial charge < -0.3 is 5.73 Å². The van der Waals surface area contributed by atoms with Crippen LogP contribution in [0, 0.1) is 0 Å². The van der Waals surface area contributed by atoms with E-state index in [9.17, 15) is 4.79 Å². The maximum absolute atomic E-state index is 11.2. The molecule has 0 unspecified atom stereocenters. The number of rotatable bonds is 0. The maximum Gasteiger partial charge on any atom is 0.165 e. The Morgan fingerprint density at radius 2 is 2.09 bits per heavy atom. The highest BCUT2D eigenvalue weighted by Crippen LogP contribution is 2.28. The third kappa shape index (κ3) is 0.870. The van der Waals surface area contributed by atoms with Gasteiger partial charge in [0.1, 0.15) is 0 Å². The van der Waals surface area contributed by atoms with Crippen LogP contribution in [-0.4, -0.2) is 5.78 Å². The Hall–Kier alpha value is -1.15. The summed E-state index contributed by atoms with van der Waals surface area (Å²) in [5.74, 6) is 0.174. The summed E-state index contributed by atoms with van der Waals surface area (Å²) in [7, 11) is 0. The van der Waals surface area contributed by atoms with Crippen LogP contribution in [0.15, 0.2) is 24.3 Å². The van der Waals surface area contributed by atoms with Gasteiger partial charge in [-0.05, 0) is 5.56 Å². The van der Waals surface area contributed by atoms with Crippen molar-refractivity contribution in [2.45, 2.75) is 12.5 Å². The third-order valence-corrected chi connectivity index (χ3v) is 2.07. The Morgan fingerprint density at radius 1 is 1.36 bits per heavy atom. The number of fused-ring (bicyclic) bond motifs is 1. The third-order valence-electron chi connectivity index (χ3n) is 2.07. The van der Waals surface area contributed by atoms with E-state index in [0.717, 1.165) is 11.1 Å². The second-order valence-corrected chi connectivity index (χ2v) is 2.82. The molecule has 0 heterocycles. The molecule has 2 nitrogen and oxygen atoms in total. The van der Waals surface area contributed by atoms with Gasteiger partial charge in [-0.2, -0.15) is 0 Å². The lowest BCUT2D eigenvalue weighted by atomic mass is 10.1. The Labute approximate surface area is 65.0 Å². The fourth-order valence-corrected chi connectivity index (χ4v) is 1.49. The van der Waals surface area contributed by atoms with Crippen LogP contribution < -0.4 is 5.73 Å². The highest BCUT2D eigenvalue weighted by molar-refractivity contribution is 6.01. The molecule has 0 spiro atoms. The molecule has 2 N–H and O–H groups in total. The number of benzene rings is 1. The van der Waals surface area contributed by atoms with Gasteiger partial charge in [-0.3, -0.25) is 4.79 Å². The van der Waals surface area contributed by atoms with E-state index in [1.165, 1.54) is 0 Å². The normalized spacial score (nSPS) is 21.9. The predicted molar refractivity (Wildman–Crippen MR) is 42.3 cm³/mol. The van der Waals surface area contributed by atoms with Crippen molar-refractivity contribution in [2.24, 2.45) is 5.73 Å². The van der Waals surface area contributed by atoms with Gasteiger partial charge in [0.25, 0.3) is 0 Å². The average molecular weight is 147 g/mol. The van der Waals surface area contributed by atoms with E-state index < -0.39 is 0 Å². The van der Waals surface area contributed by atoms with Crippen molar-refractivity contribution in [1.82, 2.24) is 0 Å². The van der Waals surface area contributed by atoms with E-state index in [-0.39, 0.29) is 11.8 Å². The molecule has 1 aliphatic rings. The van der Waals surface area contributed by atoms with Crippen molar-refractivity contribution in [1.29, 1.82) is 0 Å². The Bertz CT molecular complexity index is 306. The van der Waals surface area contributed by atoms with Gasteiger partial charge in [-0.1, -0.05) is 24.3 Å². The summed E-state index contributed by atoms with van der Waals surface area (Å²) in [6.07, 6.45) is 0.472. The Balaban J connectivity index is 2.60. The summed E-state index contributed by atoms with van der Waals surface area (Å²) in [5, 5.41) is 0. The van der Waals surface area contributed by atoms with E-state index >= 15 is 0 Å². The number of carbonyl (C=O) groups is 1. The van der Waals surface area contributed by atoms with Crippen molar-refractivity contribution in [3.8, 4) is 0 Å². The van der Waals surface area contributed by atoms with Crippen molar-refractivity contribution in [3.05, 3.63) is 35.4 Å². The van der Waals surface area contributed by atoms with E-state index in [1.807, 2.05) is 24.3 Å². The zero-order valence-electron chi connectivity index (χ0n) is 6.08. The second-order valence-electron chi connectivity index (χ2n) is 2.82. The monoisotopic (exact) mass is 147 g/mol. The van der Waals surface area contributed by atoms with Gasteiger partial charge in [0.05, 0.1) is 0 Å². The first-order valence-corrected chi connectivity index (χ1v) is 3.67. The van der Waals surface area contributed by atoms with Crippen LogP contribution in [0.3, 0.4) is 0 Å². The number of carbonyl (C=O) groups excluding carboxylic acids is 1. The first-order valence-electron chi connectivity index (χ1n) is 3.67. The molecular formula is C9H9NO. The molecule has 0 saturated carbocycles. The molecule has 1 atom stereocenters. The van der Waals surface area contributed by atoms with Crippen LogP contribution in [-0.2, 0) is 0 Å². The molecule has 0 radical (unpaired) electrons. The van der Waals surface area contributed by atoms with Crippen LogP contribution in [0.2, 0.25) is 0 Å². The average Bonchev–Trinajstić information content (AvgIpc) is 2.30. The van der Waals surface area contributed by atoms with Gasteiger partial charge in [-0.15, -0.1) is 0 Å². The largest absolute Gasteiger partial charge is 0.324 e. The van der Waals surface area contributed by atoms with Gasteiger partial charge in [0.15, 0.2) is 5.78 Å². The molecular weight excluding hydrogens is 138 g/mol. The van der Waals surface area contributed by atoms with E-state index in [4.69, 9.17) is 5.73 Å². The summed E-state index contributed by atoms with van der Waals surface area (Å²) in [4.78, 5) is 11.2. The van der Waals surface area contributed by atoms with E-state index in [1.54, 1.807) is 0 Å². The molecule has 0 bridgehead atoms. The van der Waals surface area contributed by atoms with E-state index in [2.05, 4.69) is 0 Å². The first kappa shape index (κ1) is 6.55. The SMILES string of the molecule is N[C@H]1CC(=O)c2ccccc21. The van der Waals surface area contributed by atoms with Gasteiger partial charge in [0, 0.05) is 18.0 Å². The molecule has 2 heteroatoms. The zero-order valence-corrected chi connectivity index (χ0v) is 6.08. The summed E-state index contributed by atoms with van der Waals surface area (Å²) in [6.45, 7) is 0. The lowest BCUT2D eigenvalue weighted by Gasteiger charge is -2.00. The van der Waals surface area contributed by atoms with Crippen LogP contribution in [0.25, 0.3) is 0 Å². The highest BCUT2D eigenvalue weighted by Gasteiger charge is 2.25. The van der Waals surface area contributed by atoms with E-state index in [0.29, 0.717) is 6.42 Å². The van der Waals surface area contributed by atoms with Crippen molar-refractivity contribution in [3.63, 3.8) is 0 Å². The minimum Gasteiger partial charge on any atom is -0.324 e. The fourth-order valence-electron chi connectivity index (χ4n) is 1.49. The molecule has 1 aromatic carbocycles. The number of ketones is 1. The summed E-state index contributed by atoms with van der Waals surface area (Å²) < 4.78 is 0. The molecule has 11 heavy (non-hydrogen) atoms. The Kier molecular flexibility index (Phi) is 1.29. The van der Waals surface area contributed by atoms with Crippen molar-refractivity contribution in [2.75, 3.05) is 0 Å². The fraction of sp³-hybridized carbons (Fsp3) is 0.222. The molecule has 0 amide bonds. The number of hydrogen-bond acceptors (Lipinski definition) is 2. The molecule has 1 aromatic rings. The van der Waals surface area contributed by atoms with Gasteiger partial charge in [-0.25, -0.2) is 0 Å². The summed E-state index contributed by atoms with van der Waals surface area (Å²) in [5.41, 5.74) is 7.52. The topological polar surface area (TPSA) is 43.1 Å². The smallest absolute Gasteiger partial charge is 0.165 e. The lowest BCUT2D eigenvalue weighted by Crippen LogP contribution is -2.05. The van der Waals surface area contributed by atoms with Crippen LogP contribution >= 0.6 is 0 Å². The van der Waals surface area contributed by atoms with Crippen molar-refractivity contribution < 1.29 is 4.79 Å². The van der Waals surface area contributed by atoms with Gasteiger partial charge >= 0.3 is 0 Å². The van der Waals surface area contributed by atoms with Crippen LogP contribution in [0.5, 0.6) is 0 Å². The molecule has 2 rings (SSSR count). The predicted octanol–water partition coefficient (Wildman–Crippen LogP) is 1.27. The summed E-state index contributed by atoms with van der Waals surface area (Å²) in [6, 6.07) is 7.47. The molecule has 0 fully saturated rings. The quantitative estimate of drug-likeness (QED) is 0.600. The number of nitrogens with two attached hydrogens (primary N) is 1. The lowest BCUT2D eigenvalue weighted by molar-refractivity contribution is 0.0989. The zero-order chi connectivity index (χ0) is 7.84. The maximum atomic E-state index is 11.2. The standard InChI is InChI=1S/C9H9NO/c10-8-5-9(11)7-4-2-1-3-6(7)8/h1-4,8H,5,10H2/t8-/m0/s1. The second kappa shape index (κ2) is 2.17. The van der Waals surface area contributed by atoms with Crippen molar-refractivity contribution >= 4 is 5.78 Å². The molecule has 0 aliphatic heterocycles. The molecule has 1 aliphatic carbocycles. The molecule has 56 valence electrons. The Morgan fingerprint density at radius 3 is 2.82 bits per heavy atom. The van der Waals surface area contributed by atoms with Crippen LogP contribution in [0.1, 0.15) is 28.4 Å². The number of Topliss-reactive ketones (excluding diaryl/α,β-unsaturated/α-hetero) is 1. The minimum absolute atomic E-state index is 0.0706. The van der Waals surface area contributed by atoms with Gasteiger partial charge in [0.2, 0.25) is 0 Å². The van der Waals surface area contributed by atoms with Crippen LogP contribution in [0.4, 0.5) is 0 Å². The minimum atomic E-state index is -0.0706. The summed E-state index contributed by atoms with van der Waals surface area (Å²) >= 11 is 0. The molecule has 0 saturated heterocycles. The number of hydrogen-bond donors (Lipinski definition) is 1. The highest BCUT2D eigenvalue weighted by atomic mass is 16.1. The molecule has 0 aromatic heterocycles.